The molecule has 5 heteroatoms. The Balaban J connectivity index is 1.99. The lowest BCUT2D eigenvalue weighted by atomic mass is 10.1. The van der Waals surface area contributed by atoms with E-state index in [4.69, 9.17) is 9.15 Å². The molecule has 0 unspecified atom stereocenters. The third-order valence-electron chi connectivity index (χ3n) is 3.09. The van der Waals surface area contributed by atoms with Crippen LogP contribution in [0.25, 0.3) is 0 Å². The summed E-state index contributed by atoms with van der Waals surface area (Å²) in [7, 11) is 3.02. The summed E-state index contributed by atoms with van der Waals surface area (Å²) in [5, 5.41) is 3.31. The lowest BCUT2D eigenvalue weighted by Gasteiger charge is -2.10. The first-order valence-corrected chi connectivity index (χ1v) is 6.72. The van der Waals surface area contributed by atoms with Gasteiger partial charge in [0.05, 0.1) is 20.3 Å². The highest BCUT2D eigenvalue weighted by Crippen LogP contribution is 2.18. The first-order chi connectivity index (χ1) is 10.2. The van der Waals surface area contributed by atoms with Crippen LogP contribution in [0.3, 0.4) is 0 Å². The molecular formula is C16H19NO4. The quantitative estimate of drug-likeness (QED) is 0.794. The van der Waals surface area contributed by atoms with Gasteiger partial charge in [0, 0.05) is 12.8 Å². The SMILES string of the molecule is COCCc1ccccc1NCc1ccc(C(=O)OC)o1. The minimum absolute atomic E-state index is 0.210. The normalized spacial score (nSPS) is 10.4. The third kappa shape index (κ3) is 4.10. The third-order valence-corrected chi connectivity index (χ3v) is 3.09. The van der Waals surface area contributed by atoms with Gasteiger partial charge in [0.2, 0.25) is 5.76 Å². The van der Waals surface area contributed by atoms with E-state index >= 15 is 0 Å². The lowest BCUT2D eigenvalue weighted by Crippen LogP contribution is -2.04. The fourth-order valence-electron chi connectivity index (χ4n) is 1.99. The van der Waals surface area contributed by atoms with Crippen molar-refractivity contribution in [1.29, 1.82) is 0 Å². The molecule has 0 aliphatic heterocycles. The predicted octanol–water partition coefficient (Wildman–Crippen LogP) is 2.87. The van der Waals surface area contributed by atoms with Crippen LogP contribution < -0.4 is 5.32 Å². The van der Waals surface area contributed by atoms with Gasteiger partial charge < -0.3 is 19.2 Å². The summed E-state index contributed by atoms with van der Waals surface area (Å²) in [6.45, 7) is 1.17. The summed E-state index contributed by atoms with van der Waals surface area (Å²) in [5.41, 5.74) is 2.21. The molecule has 0 aliphatic rings. The summed E-state index contributed by atoms with van der Waals surface area (Å²) < 4.78 is 15.1. The number of carbonyl (C=O) groups excluding carboxylic acids is 1. The Morgan fingerprint density at radius 2 is 2.00 bits per heavy atom. The minimum Gasteiger partial charge on any atom is -0.463 e. The van der Waals surface area contributed by atoms with Crippen molar-refractivity contribution in [3.05, 3.63) is 53.5 Å². The molecule has 0 saturated heterocycles. The second kappa shape index (κ2) is 7.50. The number of anilines is 1. The molecule has 112 valence electrons. The van der Waals surface area contributed by atoms with E-state index in [0.29, 0.717) is 18.9 Å². The molecular weight excluding hydrogens is 270 g/mol. The van der Waals surface area contributed by atoms with E-state index in [0.717, 1.165) is 12.1 Å². The van der Waals surface area contributed by atoms with Crippen LogP contribution in [-0.2, 0) is 22.4 Å². The Bertz CT molecular complexity index is 591. The van der Waals surface area contributed by atoms with E-state index in [2.05, 4.69) is 16.1 Å². The molecule has 0 radical (unpaired) electrons. The zero-order chi connectivity index (χ0) is 15.1. The summed E-state index contributed by atoms with van der Waals surface area (Å²) in [5.74, 6) is 0.417. The number of para-hydroxylation sites is 1. The van der Waals surface area contributed by atoms with Crippen LogP contribution >= 0.6 is 0 Å². The van der Waals surface area contributed by atoms with E-state index in [1.807, 2.05) is 18.2 Å². The number of hydrogen-bond donors (Lipinski definition) is 1. The summed E-state index contributed by atoms with van der Waals surface area (Å²) in [4.78, 5) is 11.3. The largest absolute Gasteiger partial charge is 0.463 e. The topological polar surface area (TPSA) is 60.7 Å². The molecule has 0 bridgehead atoms. The molecule has 1 aromatic heterocycles. The predicted molar refractivity (Wildman–Crippen MR) is 79.4 cm³/mol. The lowest BCUT2D eigenvalue weighted by molar-refractivity contribution is 0.0563. The molecule has 0 aliphatic carbocycles. The van der Waals surface area contributed by atoms with Crippen molar-refractivity contribution in [2.75, 3.05) is 26.1 Å². The van der Waals surface area contributed by atoms with E-state index < -0.39 is 5.97 Å². The number of methoxy groups -OCH3 is 2. The Morgan fingerprint density at radius 1 is 1.19 bits per heavy atom. The molecule has 0 fully saturated rings. The zero-order valence-electron chi connectivity index (χ0n) is 12.2. The molecule has 1 aromatic carbocycles. The van der Waals surface area contributed by atoms with Crippen LogP contribution in [-0.4, -0.2) is 26.8 Å². The number of rotatable bonds is 7. The first kappa shape index (κ1) is 15.1. The molecule has 1 heterocycles. The maximum atomic E-state index is 11.3. The number of carbonyl (C=O) groups is 1. The second-order valence-electron chi connectivity index (χ2n) is 4.51. The Morgan fingerprint density at radius 3 is 2.76 bits per heavy atom. The standard InChI is InChI=1S/C16H19NO4/c1-19-10-9-12-5-3-4-6-14(12)17-11-13-7-8-15(21-13)16(18)20-2/h3-8,17H,9-11H2,1-2H3. The second-order valence-corrected chi connectivity index (χ2v) is 4.51. The molecule has 21 heavy (non-hydrogen) atoms. The first-order valence-electron chi connectivity index (χ1n) is 6.72. The highest BCUT2D eigenvalue weighted by atomic mass is 16.5. The van der Waals surface area contributed by atoms with Gasteiger partial charge in [-0.05, 0) is 30.2 Å². The minimum atomic E-state index is -0.471. The van der Waals surface area contributed by atoms with Crippen molar-refractivity contribution < 1.29 is 18.7 Å². The van der Waals surface area contributed by atoms with Crippen LogP contribution in [0.1, 0.15) is 21.9 Å². The molecule has 2 rings (SSSR count). The van der Waals surface area contributed by atoms with Gasteiger partial charge in [-0.3, -0.25) is 0 Å². The van der Waals surface area contributed by atoms with Gasteiger partial charge in [0.15, 0.2) is 0 Å². The average Bonchev–Trinajstić information content (AvgIpc) is 3.00. The number of nitrogens with one attached hydrogen (secondary N) is 1. The smallest absolute Gasteiger partial charge is 0.373 e. The molecule has 0 saturated carbocycles. The monoisotopic (exact) mass is 289 g/mol. The highest BCUT2D eigenvalue weighted by Gasteiger charge is 2.11. The van der Waals surface area contributed by atoms with Gasteiger partial charge >= 0.3 is 5.97 Å². The number of ether oxygens (including phenoxy) is 2. The van der Waals surface area contributed by atoms with E-state index in [9.17, 15) is 4.79 Å². The Labute approximate surface area is 123 Å². The number of esters is 1. The Hall–Kier alpha value is -2.27. The maximum Gasteiger partial charge on any atom is 0.373 e. The van der Waals surface area contributed by atoms with Crippen molar-refractivity contribution >= 4 is 11.7 Å². The van der Waals surface area contributed by atoms with Crippen molar-refractivity contribution in [2.45, 2.75) is 13.0 Å². The van der Waals surface area contributed by atoms with Crippen molar-refractivity contribution in [3.63, 3.8) is 0 Å². The van der Waals surface area contributed by atoms with Gasteiger partial charge in [0.1, 0.15) is 5.76 Å². The van der Waals surface area contributed by atoms with Crippen LogP contribution in [0.2, 0.25) is 0 Å². The molecule has 0 amide bonds. The molecule has 5 nitrogen and oxygen atoms in total. The average molecular weight is 289 g/mol. The summed E-state index contributed by atoms with van der Waals surface area (Å²) in [6, 6.07) is 11.4. The van der Waals surface area contributed by atoms with Crippen molar-refractivity contribution in [2.24, 2.45) is 0 Å². The van der Waals surface area contributed by atoms with E-state index in [1.165, 1.54) is 12.7 Å². The van der Waals surface area contributed by atoms with Gasteiger partial charge in [-0.1, -0.05) is 18.2 Å². The summed E-state index contributed by atoms with van der Waals surface area (Å²) in [6.07, 6.45) is 0.839. The zero-order valence-corrected chi connectivity index (χ0v) is 12.2. The molecule has 0 spiro atoms. The maximum absolute atomic E-state index is 11.3. The number of furan rings is 1. The van der Waals surface area contributed by atoms with Crippen molar-refractivity contribution in [1.82, 2.24) is 0 Å². The number of benzene rings is 1. The van der Waals surface area contributed by atoms with Gasteiger partial charge in [-0.25, -0.2) is 4.79 Å². The van der Waals surface area contributed by atoms with Crippen LogP contribution in [0.15, 0.2) is 40.8 Å². The van der Waals surface area contributed by atoms with Crippen LogP contribution in [0.4, 0.5) is 5.69 Å². The van der Waals surface area contributed by atoms with Gasteiger partial charge in [-0.2, -0.15) is 0 Å². The highest BCUT2D eigenvalue weighted by molar-refractivity contribution is 5.86. The Kier molecular flexibility index (Phi) is 5.40. The van der Waals surface area contributed by atoms with E-state index in [-0.39, 0.29) is 5.76 Å². The van der Waals surface area contributed by atoms with Crippen molar-refractivity contribution in [3.8, 4) is 0 Å². The molecule has 0 atom stereocenters. The molecule has 1 N–H and O–H groups in total. The van der Waals surface area contributed by atoms with Crippen LogP contribution in [0.5, 0.6) is 0 Å². The fourth-order valence-corrected chi connectivity index (χ4v) is 1.99. The summed E-state index contributed by atoms with van der Waals surface area (Å²) >= 11 is 0. The van der Waals surface area contributed by atoms with E-state index in [1.54, 1.807) is 19.2 Å². The number of hydrogen-bond acceptors (Lipinski definition) is 5. The molecule has 2 aromatic rings. The van der Waals surface area contributed by atoms with Gasteiger partial charge in [-0.15, -0.1) is 0 Å². The van der Waals surface area contributed by atoms with Gasteiger partial charge in [0.25, 0.3) is 0 Å². The van der Waals surface area contributed by atoms with Crippen LogP contribution in [0, 0.1) is 0 Å². The fraction of sp³-hybridized carbons (Fsp3) is 0.312.